The third-order valence-corrected chi connectivity index (χ3v) is 3.57. The molecule has 2 heterocycles. The van der Waals surface area contributed by atoms with Crippen LogP contribution in [0.5, 0.6) is 5.75 Å². The van der Waals surface area contributed by atoms with E-state index in [2.05, 4.69) is 10.3 Å². The van der Waals surface area contributed by atoms with Gasteiger partial charge in [-0.05, 0) is 36.8 Å². The number of pyridine rings is 1. The van der Waals surface area contributed by atoms with E-state index in [1.165, 1.54) is 11.5 Å². The molecular formula is C17H17N3O3. The molecule has 0 atom stereocenters. The summed E-state index contributed by atoms with van der Waals surface area (Å²) >= 11 is 0. The van der Waals surface area contributed by atoms with Crippen LogP contribution in [0.4, 0.5) is 11.5 Å². The van der Waals surface area contributed by atoms with Crippen LogP contribution in [0.3, 0.4) is 0 Å². The van der Waals surface area contributed by atoms with Gasteiger partial charge in [-0.15, -0.1) is 0 Å². The number of rotatable bonds is 4. The fourth-order valence-corrected chi connectivity index (χ4v) is 2.44. The summed E-state index contributed by atoms with van der Waals surface area (Å²) in [6.07, 6.45) is 1.60. The quantitative estimate of drug-likeness (QED) is 0.773. The molecular weight excluding hydrogens is 294 g/mol. The Kier molecular flexibility index (Phi) is 3.99. The van der Waals surface area contributed by atoms with E-state index in [9.17, 15) is 9.90 Å². The Balaban J connectivity index is 2.21. The van der Waals surface area contributed by atoms with Crippen LogP contribution >= 0.6 is 0 Å². The number of nitrogens with zero attached hydrogens (tertiary/aromatic N) is 2. The van der Waals surface area contributed by atoms with Gasteiger partial charge in [-0.1, -0.05) is 12.1 Å². The van der Waals surface area contributed by atoms with Crippen molar-refractivity contribution >= 4 is 17.2 Å². The molecule has 0 radical (unpaired) electrons. The van der Waals surface area contributed by atoms with Gasteiger partial charge in [0.2, 0.25) is 0 Å². The topological polar surface area (TPSA) is 75.9 Å². The van der Waals surface area contributed by atoms with Crippen molar-refractivity contribution in [2.24, 2.45) is 0 Å². The van der Waals surface area contributed by atoms with Gasteiger partial charge in [0.15, 0.2) is 11.4 Å². The number of fused-ring (bicyclic) bond motifs is 1. The Labute approximate surface area is 133 Å². The minimum atomic E-state index is -0.403. The van der Waals surface area contributed by atoms with E-state index in [4.69, 9.17) is 4.74 Å². The highest BCUT2D eigenvalue weighted by Crippen LogP contribution is 2.22. The summed E-state index contributed by atoms with van der Waals surface area (Å²) in [6.45, 7) is 1.57. The number of hydrogen-bond donors (Lipinski definition) is 2. The molecule has 2 N–H and O–H groups in total. The summed E-state index contributed by atoms with van der Waals surface area (Å²) in [6, 6.07) is 11.1. The van der Waals surface area contributed by atoms with Crippen LogP contribution in [0.1, 0.15) is 11.1 Å². The van der Waals surface area contributed by atoms with E-state index in [1.54, 1.807) is 18.3 Å². The molecule has 0 saturated carbocycles. The summed E-state index contributed by atoms with van der Waals surface area (Å²) < 4.78 is 6.63. The third-order valence-electron chi connectivity index (χ3n) is 3.57. The molecule has 0 aliphatic carbocycles. The summed E-state index contributed by atoms with van der Waals surface area (Å²) in [7, 11) is 1.52. The van der Waals surface area contributed by atoms with Crippen molar-refractivity contribution in [2.45, 2.75) is 13.5 Å². The second kappa shape index (κ2) is 6.10. The van der Waals surface area contributed by atoms with Crippen LogP contribution in [0.15, 0.2) is 47.4 Å². The third kappa shape index (κ3) is 2.76. The number of aliphatic hydroxyl groups is 1. The maximum absolute atomic E-state index is 12.6. The fraction of sp³-hybridized carbons (Fsp3) is 0.176. The van der Waals surface area contributed by atoms with Crippen LogP contribution in [0.25, 0.3) is 5.65 Å². The number of aromatic nitrogens is 2. The van der Waals surface area contributed by atoms with Crippen molar-refractivity contribution in [3.8, 4) is 5.75 Å². The van der Waals surface area contributed by atoms with Gasteiger partial charge >= 0.3 is 0 Å². The van der Waals surface area contributed by atoms with Crippen molar-refractivity contribution < 1.29 is 9.84 Å². The van der Waals surface area contributed by atoms with Gasteiger partial charge in [0.25, 0.3) is 5.56 Å². The van der Waals surface area contributed by atoms with Gasteiger partial charge in [-0.3, -0.25) is 9.20 Å². The smallest absolute Gasteiger partial charge is 0.265 e. The molecule has 6 nitrogen and oxygen atoms in total. The van der Waals surface area contributed by atoms with Crippen molar-refractivity contribution in [3.05, 3.63) is 64.1 Å². The standard InChI is InChI=1S/C17H17N3O3/c1-11-5-3-6-12(9-11)18-15-13(10-21)17(22)20-8-4-7-14(23-2)16(20)19-15/h3-9,18,21H,10H2,1-2H3. The highest BCUT2D eigenvalue weighted by molar-refractivity contribution is 5.64. The van der Waals surface area contributed by atoms with Gasteiger partial charge in [0, 0.05) is 11.9 Å². The molecule has 1 aromatic carbocycles. The predicted molar refractivity (Wildman–Crippen MR) is 88.4 cm³/mol. The van der Waals surface area contributed by atoms with Crippen LogP contribution in [-0.4, -0.2) is 21.6 Å². The summed E-state index contributed by atoms with van der Waals surface area (Å²) in [4.78, 5) is 17.0. The zero-order chi connectivity index (χ0) is 16.4. The van der Waals surface area contributed by atoms with E-state index >= 15 is 0 Å². The fourth-order valence-electron chi connectivity index (χ4n) is 2.44. The first kappa shape index (κ1) is 15.1. The van der Waals surface area contributed by atoms with E-state index in [1.807, 2.05) is 31.2 Å². The number of ether oxygens (including phenoxy) is 1. The monoisotopic (exact) mass is 311 g/mol. The number of hydrogen-bond acceptors (Lipinski definition) is 5. The summed E-state index contributed by atoms with van der Waals surface area (Å²) in [5.41, 5.74) is 2.15. The number of methoxy groups -OCH3 is 1. The van der Waals surface area contributed by atoms with Gasteiger partial charge < -0.3 is 15.2 Å². The average molecular weight is 311 g/mol. The minimum Gasteiger partial charge on any atom is -0.493 e. The molecule has 0 fully saturated rings. The van der Waals surface area contributed by atoms with Gasteiger partial charge in [-0.2, -0.15) is 0 Å². The Morgan fingerprint density at radius 1 is 1.30 bits per heavy atom. The summed E-state index contributed by atoms with van der Waals surface area (Å²) in [5, 5.41) is 12.7. The number of anilines is 2. The molecule has 0 amide bonds. The molecule has 0 spiro atoms. The number of aryl methyl sites for hydroxylation is 1. The molecule has 0 unspecified atom stereocenters. The second-order valence-corrected chi connectivity index (χ2v) is 5.17. The number of aliphatic hydroxyl groups excluding tert-OH is 1. The Morgan fingerprint density at radius 3 is 2.83 bits per heavy atom. The lowest BCUT2D eigenvalue weighted by Crippen LogP contribution is -2.22. The largest absolute Gasteiger partial charge is 0.493 e. The zero-order valence-corrected chi connectivity index (χ0v) is 12.9. The molecule has 3 rings (SSSR count). The maximum Gasteiger partial charge on any atom is 0.265 e. The van der Waals surface area contributed by atoms with Crippen LogP contribution in [0, 0.1) is 6.92 Å². The molecule has 118 valence electrons. The number of nitrogens with one attached hydrogen (secondary N) is 1. The Bertz CT molecular complexity index is 919. The molecule has 23 heavy (non-hydrogen) atoms. The lowest BCUT2D eigenvalue weighted by molar-refractivity contribution is 0.280. The molecule has 3 aromatic rings. The van der Waals surface area contributed by atoms with E-state index in [0.717, 1.165) is 11.3 Å². The van der Waals surface area contributed by atoms with Crippen molar-refractivity contribution in [1.29, 1.82) is 0 Å². The molecule has 0 bridgehead atoms. The normalized spacial score (nSPS) is 10.7. The van der Waals surface area contributed by atoms with Crippen molar-refractivity contribution in [1.82, 2.24) is 9.38 Å². The highest BCUT2D eigenvalue weighted by atomic mass is 16.5. The Hall–Kier alpha value is -2.86. The molecule has 0 aliphatic rings. The van der Waals surface area contributed by atoms with Crippen LogP contribution in [0.2, 0.25) is 0 Å². The molecule has 0 aliphatic heterocycles. The van der Waals surface area contributed by atoms with Crippen molar-refractivity contribution in [2.75, 3.05) is 12.4 Å². The van der Waals surface area contributed by atoms with Crippen LogP contribution in [-0.2, 0) is 6.61 Å². The minimum absolute atomic E-state index is 0.206. The second-order valence-electron chi connectivity index (χ2n) is 5.17. The first-order valence-electron chi connectivity index (χ1n) is 7.17. The molecule has 6 heteroatoms. The van der Waals surface area contributed by atoms with Crippen molar-refractivity contribution in [3.63, 3.8) is 0 Å². The number of benzene rings is 1. The molecule has 2 aromatic heterocycles. The van der Waals surface area contributed by atoms with E-state index in [-0.39, 0.29) is 11.1 Å². The maximum atomic E-state index is 12.6. The Morgan fingerprint density at radius 2 is 2.13 bits per heavy atom. The first-order chi connectivity index (χ1) is 11.1. The van der Waals surface area contributed by atoms with Crippen LogP contribution < -0.4 is 15.6 Å². The summed E-state index contributed by atoms with van der Waals surface area (Å²) in [5.74, 6) is 0.814. The SMILES string of the molecule is COc1cccn2c(=O)c(CO)c(Nc3cccc(C)c3)nc12. The predicted octanol–water partition coefficient (Wildman–Crippen LogP) is 2.25. The zero-order valence-electron chi connectivity index (χ0n) is 12.9. The van der Waals surface area contributed by atoms with Gasteiger partial charge in [0.05, 0.1) is 19.3 Å². The lowest BCUT2D eigenvalue weighted by atomic mass is 10.2. The molecule has 0 saturated heterocycles. The van der Waals surface area contributed by atoms with Gasteiger partial charge in [-0.25, -0.2) is 4.98 Å². The van der Waals surface area contributed by atoms with E-state index in [0.29, 0.717) is 17.2 Å². The van der Waals surface area contributed by atoms with Gasteiger partial charge in [0.1, 0.15) is 5.82 Å². The highest BCUT2D eigenvalue weighted by Gasteiger charge is 2.14. The lowest BCUT2D eigenvalue weighted by Gasteiger charge is -2.13. The van der Waals surface area contributed by atoms with E-state index < -0.39 is 6.61 Å². The first-order valence-corrected chi connectivity index (χ1v) is 7.17. The average Bonchev–Trinajstić information content (AvgIpc) is 2.55.